The van der Waals surface area contributed by atoms with Gasteiger partial charge in [-0.25, -0.2) is 4.98 Å². The quantitative estimate of drug-likeness (QED) is 0.668. The fourth-order valence-electron chi connectivity index (χ4n) is 1.27. The van der Waals surface area contributed by atoms with Gasteiger partial charge in [-0.15, -0.1) is 0 Å². The van der Waals surface area contributed by atoms with E-state index in [4.69, 9.17) is 16.2 Å². The van der Waals surface area contributed by atoms with Crippen molar-refractivity contribution < 1.29 is 4.74 Å². The number of nitrogens with zero attached hydrogens (tertiary/aromatic N) is 1. The molecule has 0 saturated carbocycles. The Morgan fingerprint density at radius 3 is 2.65 bits per heavy atom. The van der Waals surface area contributed by atoms with Crippen LogP contribution >= 0.6 is 0 Å². The molecule has 6 heteroatoms. The lowest BCUT2D eigenvalue weighted by molar-refractivity contribution is 0.295. The molecule has 88 valence electrons. The molecule has 0 aliphatic rings. The number of nitrogens with one attached hydrogen (secondary N) is 1. The summed E-state index contributed by atoms with van der Waals surface area (Å²) in [5.41, 5.74) is 12.2. The molecule has 1 heterocycles. The van der Waals surface area contributed by atoms with E-state index >= 15 is 0 Å². The second kappa shape index (κ2) is 4.56. The summed E-state index contributed by atoms with van der Waals surface area (Å²) in [5.74, 6) is 0.130. The van der Waals surface area contributed by atoms with Crippen LogP contribution in [0.1, 0.15) is 5.56 Å². The van der Waals surface area contributed by atoms with E-state index in [0.29, 0.717) is 5.69 Å². The molecular formula is C11H12N4O2. The lowest BCUT2D eigenvalue weighted by atomic mass is 10.2. The third-order valence-electron chi connectivity index (χ3n) is 2.21. The number of rotatable bonds is 3. The SMILES string of the molecule is Nc1ccc(COc2nc[nH]c(=O)c2N)cc1. The van der Waals surface area contributed by atoms with Crippen LogP contribution in [0.5, 0.6) is 5.88 Å². The lowest BCUT2D eigenvalue weighted by Gasteiger charge is -2.06. The van der Waals surface area contributed by atoms with Crippen LogP contribution in [0.4, 0.5) is 11.4 Å². The van der Waals surface area contributed by atoms with Crippen molar-refractivity contribution in [2.45, 2.75) is 6.61 Å². The van der Waals surface area contributed by atoms with E-state index in [9.17, 15) is 4.79 Å². The number of hydrogen-bond acceptors (Lipinski definition) is 5. The Bertz CT molecular complexity index is 562. The highest BCUT2D eigenvalue weighted by Crippen LogP contribution is 2.14. The van der Waals surface area contributed by atoms with Gasteiger partial charge < -0.3 is 21.2 Å². The van der Waals surface area contributed by atoms with E-state index in [-0.39, 0.29) is 18.2 Å². The number of anilines is 2. The molecule has 0 atom stereocenters. The normalized spacial score (nSPS) is 10.1. The van der Waals surface area contributed by atoms with E-state index in [0.717, 1.165) is 5.56 Å². The Kier molecular flexibility index (Phi) is 2.95. The first-order chi connectivity index (χ1) is 8.16. The predicted molar refractivity (Wildman–Crippen MR) is 64.5 cm³/mol. The average Bonchev–Trinajstić information content (AvgIpc) is 2.33. The Morgan fingerprint density at radius 2 is 1.94 bits per heavy atom. The number of benzene rings is 1. The highest BCUT2D eigenvalue weighted by atomic mass is 16.5. The molecule has 0 bridgehead atoms. The Morgan fingerprint density at radius 1 is 1.24 bits per heavy atom. The van der Waals surface area contributed by atoms with Crippen LogP contribution in [0.25, 0.3) is 0 Å². The summed E-state index contributed by atoms with van der Waals surface area (Å²) < 4.78 is 5.35. The summed E-state index contributed by atoms with van der Waals surface area (Å²) in [6.45, 7) is 0.279. The molecule has 0 fully saturated rings. The molecule has 5 N–H and O–H groups in total. The first kappa shape index (κ1) is 11.0. The maximum atomic E-state index is 11.2. The van der Waals surface area contributed by atoms with E-state index in [1.165, 1.54) is 6.33 Å². The Balaban J connectivity index is 2.10. The molecule has 17 heavy (non-hydrogen) atoms. The van der Waals surface area contributed by atoms with Crippen LogP contribution in [0.15, 0.2) is 35.4 Å². The zero-order valence-corrected chi connectivity index (χ0v) is 9.01. The lowest BCUT2D eigenvalue weighted by Crippen LogP contribution is -2.14. The number of aromatic amines is 1. The van der Waals surface area contributed by atoms with Crippen molar-refractivity contribution in [3.05, 3.63) is 46.5 Å². The van der Waals surface area contributed by atoms with Gasteiger partial charge in [0, 0.05) is 5.69 Å². The van der Waals surface area contributed by atoms with Crippen LogP contribution < -0.4 is 21.8 Å². The number of hydrogen-bond donors (Lipinski definition) is 3. The topological polar surface area (TPSA) is 107 Å². The minimum Gasteiger partial charge on any atom is -0.471 e. The first-order valence-electron chi connectivity index (χ1n) is 4.97. The van der Waals surface area contributed by atoms with Gasteiger partial charge in [0.05, 0.1) is 6.33 Å². The average molecular weight is 232 g/mol. The van der Waals surface area contributed by atoms with Gasteiger partial charge >= 0.3 is 0 Å². The second-order valence-corrected chi connectivity index (χ2v) is 3.48. The minimum absolute atomic E-state index is 0.0251. The van der Waals surface area contributed by atoms with Crippen molar-refractivity contribution in [2.24, 2.45) is 0 Å². The predicted octanol–water partition coefficient (Wildman–Crippen LogP) is 0.513. The van der Waals surface area contributed by atoms with E-state index in [1.807, 2.05) is 12.1 Å². The fourth-order valence-corrected chi connectivity index (χ4v) is 1.27. The van der Waals surface area contributed by atoms with Crippen LogP contribution in [0.2, 0.25) is 0 Å². The fraction of sp³-hybridized carbons (Fsp3) is 0.0909. The van der Waals surface area contributed by atoms with Crippen LogP contribution in [-0.2, 0) is 6.61 Å². The van der Waals surface area contributed by atoms with Crippen molar-refractivity contribution in [2.75, 3.05) is 11.5 Å². The van der Waals surface area contributed by atoms with Gasteiger partial charge in [-0.3, -0.25) is 4.79 Å². The summed E-state index contributed by atoms with van der Waals surface area (Å²) in [7, 11) is 0. The largest absolute Gasteiger partial charge is 0.471 e. The summed E-state index contributed by atoms with van der Waals surface area (Å²) in [5, 5.41) is 0. The second-order valence-electron chi connectivity index (χ2n) is 3.48. The van der Waals surface area contributed by atoms with Gasteiger partial charge in [-0.1, -0.05) is 12.1 Å². The monoisotopic (exact) mass is 232 g/mol. The minimum atomic E-state index is -0.410. The molecule has 0 saturated heterocycles. The van der Waals surface area contributed by atoms with E-state index in [1.54, 1.807) is 12.1 Å². The van der Waals surface area contributed by atoms with Crippen molar-refractivity contribution in [3.8, 4) is 5.88 Å². The smallest absolute Gasteiger partial charge is 0.277 e. The molecule has 0 unspecified atom stereocenters. The number of aromatic nitrogens is 2. The van der Waals surface area contributed by atoms with Crippen molar-refractivity contribution in [3.63, 3.8) is 0 Å². The van der Waals surface area contributed by atoms with Crippen molar-refractivity contribution in [1.29, 1.82) is 0 Å². The molecule has 0 amide bonds. The summed E-state index contributed by atoms with van der Waals surface area (Å²) in [4.78, 5) is 17.4. The van der Waals surface area contributed by atoms with Gasteiger partial charge in [0.1, 0.15) is 6.61 Å². The third kappa shape index (κ3) is 2.54. The van der Waals surface area contributed by atoms with Gasteiger partial charge in [-0.05, 0) is 17.7 Å². The molecule has 0 radical (unpaired) electrons. The highest BCUT2D eigenvalue weighted by Gasteiger charge is 2.05. The number of nitrogen functional groups attached to an aromatic ring is 2. The van der Waals surface area contributed by atoms with Gasteiger partial charge in [0.2, 0.25) is 5.88 Å². The Labute approximate surface area is 97.2 Å². The summed E-state index contributed by atoms with van der Waals surface area (Å²) >= 11 is 0. The molecule has 1 aromatic heterocycles. The zero-order chi connectivity index (χ0) is 12.3. The highest BCUT2D eigenvalue weighted by molar-refractivity contribution is 5.45. The van der Waals surface area contributed by atoms with Crippen LogP contribution in [0.3, 0.4) is 0 Å². The summed E-state index contributed by atoms with van der Waals surface area (Å²) in [6.07, 6.45) is 1.25. The van der Waals surface area contributed by atoms with Crippen LogP contribution in [-0.4, -0.2) is 9.97 Å². The number of nitrogens with two attached hydrogens (primary N) is 2. The molecular weight excluding hydrogens is 220 g/mol. The maximum absolute atomic E-state index is 11.2. The van der Waals surface area contributed by atoms with Crippen molar-refractivity contribution >= 4 is 11.4 Å². The summed E-state index contributed by atoms with van der Waals surface area (Å²) in [6, 6.07) is 7.21. The first-order valence-corrected chi connectivity index (χ1v) is 4.97. The molecule has 2 aromatic rings. The van der Waals surface area contributed by atoms with Gasteiger partial charge in [0.25, 0.3) is 5.56 Å². The number of ether oxygens (including phenoxy) is 1. The maximum Gasteiger partial charge on any atom is 0.277 e. The molecule has 0 aliphatic carbocycles. The van der Waals surface area contributed by atoms with E-state index in [2.05, 4.69) is 9.97 Å². The van der Waals surface area contributed by atoms with Gasteiger partial charge in [0.15, 0.2) is 5.69 Å². The molecule has 0 spiro atoms. The molecule has 1 aromatic carbocycles. The van der Waals surface area contributed by atoms with Crippen molar-refractivity contribution in [1.82, 2.24) is 9.97 Å². The zero-order valence-electron chi connectivity index (χ0n) is 9.01. The molecule has 6 nitrogen and oxygen atoms in total. The molecule has 2 rings (SSSR count). The third-order valence-corrected chi connectivity index (χ3v) is 2.21. The standard InChI is InChI=1S/C11H12N4O2/c12-8-3-1-7(2-4-8)5-17-11-9(13)10(16)14-6-15-11/h1-4,6H,5,12-13H2,(H,14,15,16). The van der Waals surface area contributed by atoms with Crippen LogP contribution in [0, 0.1) is 0 Å². The van der Waals surface area contributed by atoms with E-state index < -0.39 is 5.56 Å². The van der Waals surface area contributed by atoms with Gasteiger partial charge in [-0.2, -0.15) is 0 Å². The number of H-pyrrole nitrogens is 1. The Hall–Kier alpha value is -2.50. The molecule has 0 aliphatic heterocycles.